The molecule has 1 aromatic rings. The largest absolute Gasteiger partial charge is 0.284 e. The molecule has 68 valence electrons. The fraction of sp³-hybridized carbons (Fsp3) is 0.417. The molecule has 2 rings (SSSR count). The predicted molar refractivity (Wildman–Crippen MR) is 56.2 cm³/mol. The Labute approximate surface area is 79.5 Å². The molecule has 1 aliphatic rings. The summed E-state index contributed by atoms with van der Waals surface area (Å²) in [4.78, 5) is 4.56. The van der Waals surface area contributed by atoms with E-state index in [-0.39, 0.29) is 0 Å². The van der Waals surface area contributed by atoms with Gasteiger partial charge in [0.1, 0.15) is 0 Å². The van der Waals surface area contributed by atoms with Crippen molar-refractivity contribution in [3.63, 3.8) is 0 Å². The first-order valence-corrected chi connectivity index (χ1v) is 5.03. The Kier molecular flexibility index (Phi) is 2.44. The van der Waals surface area contributed by atoms with Crippen LogP contribution in [0.3, 0.4) is 0 Å². The molecule has 0 atom stereocenters. The zero-order valence-corrected chi connectivity index (χ0v) is 8.09. The van der Waals surface area contributed by atoms with Crippen molar-refractivity contribution in [2.45, 2.75) is 32.7 Å². The van der Waals surface area contributed by atoms with Gasteiger partial charge in [0.05, 0.1) is 6.54 Å². The van der Waals surface area contributed by atoms with Crippen LogP contribution in [0, 0.1) is 0 Å². The van der Waals surface area contributed by atoms with E-state index in [4.69, 9.17) is 0 Å². The third-order valence-electron chi connectivity index (χ3n) is 2.54. The summed E-state index contributed by atoms with van der Waals surface area (Å²) in [5.74, 6) is 0. The third-order valence-corrected chi connectivity index (χ3v) is 2.54. The van der Waals surface area contributed by atoms with Crippen LogP contribution in [-0.4, -0.2) is 5.71 Å². The Hall–Kier alpha value is -1.11. The predicted octanol–water partition coefficient (Wildman–Crippen LogP) is 3.18. The standard InChI is InChI=1S/C12H15N/c1-2-3-8-12-11-7-5-4-6-10(11)9-13-12/h4-7H,2-3,8-9H2,1H3. The molecule has 1 heteroatoms. The van der Waals surface area contributed by atoms with Gasteiger partial charge in [0.15, 0.2) is 0 Å². The van der Waals surface area contributed by atoms with Crippen LogP contribution in [0.2, 0.25) is 0 Å². The van der Waals surface area contributed by atoms with Crippen LogP contribution in [0.4, 0.5) is 0 Å². The molecule has 1 nitrogen and oxygen atoms in total. The van der Waals surface area contributed by atoms with Crippen LogP contribution < -0.4 is 0 Å². The number of fused-ring (bicyclic) bond motifs is 1. The van der Waals surface area contributed by atoms with Gasteiger partial charge in [-0.2, -0.15) is 0 Å². The summed E-state index contributed by atoms with van der Waals surface area (Å²) in [6.07, 6.45) is 3.65. The van der Waals surface area contributed by atoms with E-state index in [0.717, 1.165) is 13.0 Å². The molecule has 13 heavy (non-hydrogen) atoms. The monoisotopic (exact) mass is 173 g/mol. The average Bonchev–Trinajstić information content (AvgIpc) is 2.58. The van der Waals surface area contributed by atoms with Crippen molar-refractivity contribution < 1.29 is 0 Å². The molecule has 1 aliphatic heterocycles. The average molecular weight is 173 g/mol. The lowest BCUT2D eigenvalue weighted by atomic mass is 10.0. The molecule has 0 saturated heterocycles. The molecule has 0 amide bonds. The molecule has 0 fully saturated rings. The van der Waals surface area contributed by atoms with E-state index in [9.17, 15) is 0 Å². The first kappa shape index (κ1) is 8.49. The summed E-state index contributed by atoms with van der Waals surface area (Å²) in [7, 11) is 0. The number of hydrogen-bond donors (Lipinski definition) is 0. The number of nitrogens with zero attached hydrogens (tertiary/aromatic N) is 1. The van der Waals surface area contributed by atoms with Gasteiger partial charge >= 0.3 is 0 Å². The second-order valence-electron chi connectivity index (χ2n) is 3.52. The highest BCUT2D eigenvalue weighted by Gasteiger charge is 2.13. The lowest BCUT2D eigenvalue weighted by Gasteiger charge is -2.01. The van der Waals surface area contributed by atoms with Gasteiger partial charge in [-0.25, -0.2) is 0 Å². The lowest BCUT2D eigenvalue weighted by molar-refractivity contribution is 0.834. The maximum Gasteiger partial charge on any atom is 0.0649 e. The number of hydrogen-bond acceptors (Lipinski definition) is 1. The molecule has 0 bridgehead atoms. The van der Waals surface area contributed by atoms with Crippen LogP contribution in [0.25, 0.3) is 0 Å². The fourth-order valence-electron chi connectivity index (χ4n) is 1.76. The highest BCUT2D eigenvalue weighted by molar-refractivity contribution is 6.03. The van der Waals surface area contributed by atoms with Crippen molar-refractivity contribution in [3.8, 4) is 0 Å². The van der Waals surface area contributed by atoms with Crippen LogP contribution in [-0.2, 0) is 6.54 Å². The van der Waals surface area contributed by atoms with E-state index in [2.05, 4.69) is 36.2 Å². The highest BCUT2D eigenvalue weighted by Crippen LogP contribution is 2.20. The first-order chi connectivity index (χ1) is 6.42. The molecule has 1 aromatic carbocycles. The van der Waals surface area contributed by atoms with E-state index >= 15 is 0 Å². The molecule has 0 unspecified atom stereocenters. The number of rotatable bonds is 3. The number of aliphatic imine (C=N–C) groups is 1. The van der Waals surface area contributed by atoms with Crippen molar-refractivity contribution in [3.05, 3.63) is 35.4 Å². The molecule has 0 radical (unpaired) electrons. The Bertz CT molecular complexity index is 326. The van der Waals surface area contributed by atoms with Gasteiger partial charge in [0.2, 0.25) is 0 Å². The van der Waals surface area contributed by atoms with Crippen molar-refractivity contribution >= 4 is 5.71 Å². The second-order valence-corrected chi connectivity index (χ2v) is 3.52. The molecule has 1 heterocycles. The first-order valence-electron chi connectivity index (χ1n) is 5.03. The Morgan fingerprint density at radius 3 is 3.00 bits per heavy atom. The zero-order valence-electron chi connectivity index (χ0n) is 8.09. The van der Waals surface area contributed by atoms with Gasteiger partial charge in [0.25, 0.3) is 0 Å². The minimum absolute atomic E-state index is 0.898. The number of unbranched alkanes of at least 4 members (excludes halogenated alkanes) is 1. The molecular formula is C12H15N. The van der Waals surface area contributed by atoms with E-state index in [1.807, 2.05) is 0 Å². The highest BCUT2D eigenvalue weighted by atomic mass is 14.8. The SMILES string of the molecule is CCCCC1=NCc2ccccc21. The zero-order chi connectivity index (χ0) is 9.10. The summed E-state index contributed by atoms with van der Waals surface area (Å²) >= 11 is 0. The van der Waals surface area contributed by atoms with Crippen molar-refractivity contribution in [2.75, 3.05) is 0 Å². The molecule has 0 spiro atoms. The van der Waals surface area contributed by atoms with E-state index in [1.165, 1.54) is 29.7 Å². The van der Waals surface area contributed by atoms with Gasteiger partial charge in [-0.05, 0) is 18.4 Å². The molecule has 0 N–H and O–H groups in total. The summed E-state index contributed by atoms with van der Waals surface area (Å²) in [6.45, 7) is 3.12. The summed E-state index contributed by atoms with van der Waals surface area (Å²) < 4.78 is 0. The van der Waals surface area contributed by atoms with E-state index in [0.29, 0.717) is 0 Å². The van der Waals surface area contributed by atoms with Crippen molar-refractivity contribution in [2.24, 2.45) is 4.99 Å². The molecule has 0 aliphatic carbocycles. The van der Waals surface area contributed by atoms with E-state index in [1.54, 1.807) is 0 Å². The smallest absolute Gasteiger partial charge is 0.0649 e. The van der Waals surface area contributed by atoms with Gasteiger partial charge in [-0.3, -0.25) is 4.99 Å². The quantitative estimate of drug-likeness (QED) is 0.665. The lowest BCUT2D eigenvalue weighted by Crippen LogP contribution is -1.97. The summed E-state index contributed by atoms with van der Waals surface area (Å²) in [6, 6.07) is 8.57. The van der Waals surface area contributed by atoms with Gasteiger partial charge in [0, 0.05) is 11.3 Å². The minimum Gasteiger partial charge on any atom is -0.284 e. The van der Waals surface area contributed by atoms with Crippen LogP contribution in [0.15, 0.2) is 29.3 Å². The fourth-order valence-corrected chi connectivity index (χ4v) is 1.76. The van der Waals surface area contributed by atoms with Crippen molar-refractivity contribution in [1.82, 2.24) is 0 Å². The summed E-state index contributed by atoms with van der Waals surface area (Å²) in [5.41, 5.74) is 4.10. The van der Waals surface area contributed by atoms with Crippen LogP contribution in [0.5, 0.6) is 0 Å². The summed E-state index contributed by atoms with van der Waals surface area (Å²) in [5, 5.41) is 0. The third kappa shape index (κ3) is 1.64. The van der Waals surface area contributed by atoms with Crippen LogP contribution >= 0.6 is 0 Å². The van der Waals surface area contributed by atoms with E-state index < -0.39 is 0 Å². The molecule has 0 aromatic heterocycles. The minimum atomic E-state index is 0.898. The van der Waals surface area contributed by atoms with Gasteiger partial charge in [-0.1, -0.05) is 37.6 Å². The molecular weight excluding hydrogens is 158 g/mol. The van der Waals surface area contributed by atoms with Gasteiger partial charge in [-0.15, -0.1) is 0 Å². The van der Waals surface area contributed by atoms with Crippen LogP contribution in [0.1, 0.15) is 37.3 Å². The second kappa shape index (κ2) is 3.73. The van der Waals surface area contributed by atoms with Crippen molar-refractivity contribution in [1.29, 1.82) is 0 Å². The Balaban J connectivity index is 2.16. The topological polar surface area (TPSA) is 12.4 Å². The maximum absolute atomic E-state index is 4.56. The number of benzene rings is 1. The molecule has 0 saturated carbocycles. The maximum atomic E-state index is 4.56. The Morgan fingerprint density at radius 1 is 1.31 bits per heavy atom. The Morgan fingerprint density at radius 2 is 2.15 bits per heavy atom. The normalized spacial score (nSPS) is 14.1. The van der Waals surface area contributed by atoms with Gasteiger partial charge < -0.3 is 0 Å².